The fourth-order valence-electron chi connectivity index (χ4n) is 3.09. The third-order valence-corrected chi connectivity index (χ3v) is 4.58. The van der Waals surface area contributed by atoms with Crippen molar-refractivity contribution >= 4 is 5.91 Å². The van der Waals surface area contributed by atoms with Gasteiger partial charge in [0, 0.05) is 31.0 Å². The first-order valence-electron chi connectivity index (χ1n) is 8.58. The highest BCUT2D eigenvalue weighted by Crippen LogP contribution is 2.20. The molecule has 5 nitrogen and oxygen atoms in total. The van der Waals surface area contributed by atoms with Gasteiger partial charge in [-0.3, -0.25) is 9.78 Å². The Morgan fingerprint density at radius 3 is 2.44 bits per heavy atom. The number of aromatic nitrogens is 3. The highest BCUT2D eigenvalue weighted by atomic mass is 16.2. The fourth-order valence-corrected chi connectivity index (χ4v) is 3.09. The number of likely N-dealkylation sites (tertiary alicyclic amines) is 1. The maximum Gasteiger partial charge on any atom is 0.255 e. The van der Waals surface area contributed by atoms with E-state index in [1.54, 1.807) is 12.4 Å². The third-order valence-electron chi connectivity index (χ3n) is 4.58. The van der Waals surface area contributed by atoms with Crippen LogP contribution >= 0.6 is 0 Å². The molecule has 3 heterocycles. The van der Waals surface area contributed by atoms with E-state index in [0.717, 1.165) is 42.9 Å². The van der Waals surface area contributed by atoms with Crippen LogP contribution in [0.5, 0.6) is 0 Å². The number of hydrogen-bond donors (Lipinski definition) is 0. The number of aryl methyl sites for hydroxylation is 1. The van der Waals surface area contributed by atoms with Crippen molar-refractivity contribution in [2.75, 3.05) is 13.1 Å². The largest absolute Gasteiger partial charge is 0.339 e. The Labute approximate surface area is 146 Å². The predicted octanol–water partition coefficient (Wildman–Crippen LogP) is 3.48. The van der Waals surface area contributed by atoms with E-state index in [9.17, 15) is 4.79 Å². The average Bonchev–Trinajstić information content (AvgIpc) is 3.34. The zero-order valence-electron chi connectivity index (χ0n) is 14.2. The van der Waals surface area contributed by atoms with Crippen LogP contribution in [0.1, 0.15) is 28.8 Å². The topological polar surface area (TPSA) is 51.0 Å². The SMILES string of the molecule is Cc1ccc(-n2cc(-c3ccc(C(=O)N4CCCC4)cn3)cn2)cc1. The van der Waals surface area contributed by atoms with E-state index >= 15 is 0 Å². The fraction of sp³-hybridized carbons (Fsp3) is 0.250. The minimum atomic E-state index is 0.0758. The van der Waals surface area contributed by atoms with Gasteiger partial charge in [-0.2, -0.15) is 5.10 Å². The Morgan fingerprint density at radius 2 is 1.76 bits per heavy atom. The summed E-state index contributed by atoms with van der Waals surface area (Å²) in [6.45, 7) is 3.76. The van der Waals surface area contributed by atoms with Crippen LogP contribution in [0.15, 0.2) is 55.0 Å². The van der Waals surface area contributed by atoms with E-state index in [0.29, 0.717) is 5.56 Å². The summed E-state index contributed by atoms with van der Waals surface area (Å²) in [6.07, 6.45) is 7.60. The maximum atomic E-state index is 12.4. The monoisotopic (exact) mass is 332 g/mol. The molecule has 0 radical (unpaired) electrons. The molecule has 2 aromatic heterocycles. The normalized spacial score (nSPS) is 14.0. The number of amides is 1. The molecule has 1 amide bonds. The van der Waals surface area contributed by atoms with E-state index in [-0.39, 0.29) is 5.91 Å². The highest BCUT2D eigenvalue weighted by molar-refractivity contribution is 5.94. The lowest BCUT2D eigenvalue weighted by Gasteiger charge is -2.14. The summed E-state index contributed by atoms with van der Waals surface area (Å²) >= 11 is 0. The van der Waals surface area contributed by atoms with Crippen molar-refractivity contribution in [3.8, 4) is 16.9 Å². The first-order valence-corrected chi connectivity index (χ1v) is 8.58. The van der Waals surface area contributed by atoms with Crippen molar-refractivity contribution in [3.63, 3.8) is 0 Å². The molecule has 4 rings (SSSR count). The number of nitrogens with zero attached hydrogens (tertiary/aromatic N) is 4. The van der Waals surface area contributed by atoms with Crippen molar-refractivity contribution in [3.05, 3.63) is 66.1 Å². The molecule has 1 aromatic carbocycles. The zero-order valence-corrected chi connectivity index (χ0v) is 14.2. The minimum absolute atomic E-state index is 0.0758. The molecular weight excluding hydrogens is 312 g/mol. The second kappa shape index (κ2) is 6.51. The smallest absolute Gasteiger partial charge is 0.255 e. The van der Waals surface area contributed by atoms with E-state index in [1.807, 2.05) is 40.0 Å². The Hall–Kier alpha value is -2.95. The van der Waals surface area contributed by atoms with Gasteiger partial charge in [0.2, 0.25) is 0 Å². The molecule has 1 aliphatic heterocycles. The summed E-state index contributed by atoms with van der Waals surface area (Å²) in [7, 11) is 0. The molecule has 0 saturated carbocycles. The lowest BCUT2D eigenvalue weighted by molar-refractivity contribution is 0.0792. The van der Waals surface area contributed by atoms with Crippen LogP contribution < -0.4 is 0 Å². The quantitative estimate of drug-likeness (QED) is 0.738. The standard InChI is InChI=1S/C20H20N4O/c1-15-4-7-18(8-5-15)24-14-17(13-22-24)19-9-6-16(12-21-19)20(25)23-10-2-3-11-23/h4-9,12-14H,2-3,10-11H2,1H3. The van der Waals surface area contributed by atoms with Gasteiger partial charge in [0.25, 0.3) is 5.91 Å². The molecule has 126 valence electrons. The molecule has 3 aromatic rings. The second-order valence-electron chi connectivity index (χ2n) is 6.44. The Kier molecular flexibility index (Phi) is 4.06. The number of carbonyl (C=O) groups excluding carboxylic acids is 1. The average molecular weight is 332 g/mol. The summed E-state index contributed by atoms with van der Waals surface area (Å²) in [5.41, 5.74) is 4.63. The molecule has 0 unspecified atom stereocenters. The van der Waals surface area contributed by atoms with Gasteiger partial charge in [-0.25, -0.2) is 4.68 Å². The number of benzene rings is 1. The van der Waals surface area contributed by atoms with Gasteiger partial charge in [-0.05, 0) is 44.0 Å². The van der Waals surface area contributed by atoms with Crippen LogP contribution in [0.3, 0.4) is 0 Å². The van der Waals surface area contributed by atoms with Crippen LogP contribution in [0.4, 0.5) is 0 Å². The van der Waals surface area contributed by atoms with Gasteiger partial charge < -0.3 is 4.90 Å². The minimum Gasteiger partial charge on any atom is -0.339 e. The Balaban J connectivity index is 1.54. The lowest BCUT2D eigenvalue weighted by Crippen LogP contribution is -2.27. The Morgan fingerprint density at radius 1 is 1.00 bits per heavy atom. The first-order chi connectivity index (χ1) is 12.2. The van der Waals surface area contributed by atoms with Crippen LogP contribution in [0, 0.1) is 6.92 Å². The van der Waals surface area contributed by atoms with Crippen molar-refractivity contribution in [1.29, 1.82) is 0 Å². The van der Waals surface area contributed by atoms with E-state index in [1.165, 1.54) is 5.56 Å². The van der Waals surface area contributed by atoms with Crippen LogP contribution in [-0.2, 0) is 0 Å². The summed E-state index contributed by atoms with van der Waals surface area (Å²) < 4.78 is 1.83. The van der Waals surface area contributed by atoms with Gasteiger partial charge in [-0.15, -0.1) is 0 Å². The van der Waals surface area contributed by atoms with Crippen molar-refractivity contribution < 1.29 is 4.79 Å². The predicted molar refractivity (Wildman–Crippen MR) is 96.7 cm³/mol. The Bertz CT molecular complexity index is 875. The molecule has 0 bridgehead atoms. The van der Waals surface area contributed by atoms with Crippen LogP contribution in [0.25, 0.3) is 16.9 Å². The molecule has 1 saturated heterocycles. The van der Waals surface area contributed by atoms with E-state index in [2.05, 4.69) is 29.1 Å². The molecular formula is C20H20N4O. The molecule has 0 N–H and O–H groups in total. The summed E-state index contributed by atoms with van der Waals surface area (Å²) in [5.74, 6) is 0.0758. The van der Waals surface area contributed by atoms with Crippen molar-refractivity contribution in [2.24, 2.45) is 0 Å². The molecule has 1 fully saturated rings. The molecule has 0 spiro atoms. The second-order valence-corrected chi connectivity index (χ2v) is 6.44. The summed E-state index contributed by atoms with van der Waals surface area (Å²) in [5, 5.41) is 4.41. The summed E-state index contributed by atoms with van der Waals surface area (Å²) in [4.78, 5) is 18.7. The molecule has 5 heteroatoms. The highest BCUT2D eigenvalue weighted by Gasteiger charge is 2.19. The van der Waals surface area contributed by atoms with Crippen LogP contribution in [-0.4, -0.2) is 38.7 Å². The van der Waals surface area contributed by atoms with Crippen molar-refractivity contribution in [2.45, 2.75) is 19.8 Å². The van der Waals surface area contributed by atoms with Gasteiger partial charge in [-0.1, -0.05) is 17.7 Å². The van der Waals surface area contributed by atoms with Gasteiger partial charge in [0.15, 0.2) is 0 Å². The number of hydrogen-bond acceptors (Lipinski definition) is 3. The van der Waals surface area contributed by atoms with Gasteiger partial charge in [0.05, 0.1) is 23.1 Å². The maximum absolute atomic E-state index is 12.4. The zero-order chi connectivity index (χ0) is 17.2. The van der Waals surface area contributed by atoms with Crippen LogP contribution in [0.2, 0.25) is 0 Å². The summed E-state index contributed by atoms with van der Waals surface area (Å²) in [6, 6.07) is 11.9. The van der Waals surface area contributed by atoms with E-state index < -0.39 is 0 Å². The van der Waals surface area contributed by atoms with Gasteiger partial charge in [0.1, 0.15) is 0 Å². The number of carbonyl (C=O) groups is 1. The molecule has 1 aliphatic rings. The molecule has 0 aliphatic carbocycles. The number of pyridine rings is 1. The first kappa shape index (κ1) is 15.6. The molecule has 0 atom stereocenters. The van der Waals surface area contributed by atoms with E-state index in [4.69, 9.17) is 0 Å². The molecule has 25 heavy (non-hydrogen) atoms. The van der Waals surface area contributed by atoms with Gasteiger partial charge >= 0.3 is 0 Å². The number of rotatable bonds is 3. The third kappa shape index (κ3) is 3.18. The van der Waals surface area contributed by atoms with Crippen molar-refractivity contribution in [1.82, 2.24) is 19.7 Å². The lowest BCUT2D eigenvalue weighted by atomic mass is 10.2.